The van der Waals surface area contributed by atoms with E-state index in [1.54, 1.807) is 11.6 Å². The SMILES string of the molecule is CN(c1ccc(C#N)cc1)c1ccc(C=NNc2nc(N)cs2)cc1. The number of hydrogen-bond acceptors (Lipinski definition) is 7. The fourth-order valence-corrected chi connectivity index (χ4v) is 2.74. The maximum absolute atomic E-state index is 8.87. The molecule has 0 spiro atoms. The Bertz CT molecular complexity index is 906. The number of nitrogen functional groups attached to an aromatic ring is 1. The molecule has 0 saturated carbocycles. The summed E-state index contributed by atoms with van der Waals surface area (Å²) < 4.78 is 0. The van der Waals surface area contributed by atoms with E-state index >= 15 is 0 Å². The van der Waals surface area contributed by atoms with E-state index in [2.05, 4.69) is 26.5 Å². The molecule has 0 unspecified atom stereocenters. The normalized spacial score (nSPS) is 10.6. The first kappa shape index (κ1) is 16.5. The van der Waals surface area contributed by atoms with Gasteiger partial charge in [0.25, 0.3) is 0 Å². The van der Waals surface area contributed by atoms with Crippen molar-refractivity contribution in [2.75, 3.05) is 23.1 Å². The summed E-state index contributed by atoms with van der Waals surface area (Å²) in [4.78, 5) is 6.12. The first-order chi connectivity index (χ1) is 12.2. The van der Waals surface area contributed by atoms with Crippen LogP contribution in [0, 0.1) is 11.3 Å². The fourth-order valence-electron chi connectivity index (χ4n) is 2.19. The highest BCUT2D eigenvalue weighted by Gasteiger charge is 2.04. The summed E-state index contributed by atoms with van der Waals surface area (Å²) >= 11 is 1.40. The Morgan fingerprint density at radius 2 is 1.80 bits per heavy atom. The Kier molecular flexibility index (Phi) is 4.92. The number of nitrogens with one attached hydrogen (secondary N) is 1. The van der Waals surface area contributed by atoms with Crippen LogP contribution in [0.4, 0.5) is 22.3 Å². The van der Waals surface area contributed by atoms with E-state index in [-0.39, 0.29) is 0 Å². The zero-order chi connectivity index (χ0) is 17.6. The predicted octanol–water partition coefficient (Wildman–Crippen LogP) is 3.81. The Labute approximate surface area is 149 Å². The summed E-state index contributed by atoms with van der Waals surface area (Å²) in [6, 6.07) is 17.6. The number of rotatable bonds is 5. The van der Waals surface area contributed by atoms with Crippen LogP contribution < -0.4 is 16.1 Å². The minimum Gasteiger partial charge on any atom is -0.383 e. The Balaban J connectivity index is 1.65. The third-order valence-corrected chi connectivity index (χ3v) is 4.33. The van der Waals surface area contributed by atoms with Gasteiger partial charge in [0, 0.05) is 23.8 Å². The zero-order valence-electron chi connectivity index (χ0n) is 13.5. The van der Waals surface area contributed by atoms with Gasteiger partial charge in [0.15, 0.2) is 0 Å². The van der Waals surface area contributed by atoms with Crippen molar-refractivity contribution in [3.8, 4) is 6.07 Å². The van der Waals surface area contributed by atoms with Gasteiger partial charge < -0.3 is 10.6 Å². The van der Waals surface area contributed by atoms with Crippen LogP contribution >= 0.6 is 11.3 Å². The van der Waals surface area contributed by atoms with Crippen LogP contribution in [0.25, 0.3) is 0 Å². The van der Waals surface area contributed by atoms with Crippen molar-refractivity contribution in [2.45, 2.75) is 0 Å². The molecule has 0 aliphatic carbocycles. The Morgan fingerprint density at radius 3 is 2.36 bits per heavy atom. The molecule has 0 amide bonds. The highest BCUT2D eigenvalue weighted by atomic mass is 32.1. The monoisotopic (exact) mass is 348 g/mol. The number of nitrogens with two attached hydrogens (primary N) is 1. The standard InChI is InChI=1S/C18H16N6S/c1-24(15-6-2-13(10-19)3-7-15)16-8-4-14(5-9-16)11-21-23-18-22-17(20)12-25-18/h2-9,11-12H,20H2,1H3,(H,22,23). The molecule has 0 saturated heterocycles. The highest BCUT2D eigenvalue weighted by Crippen LogP contribution is 2.23. The summed E-state index contributed by atoms with van der Waals surface area (Å²) in [6.07, 6.45) is 1.73. The zero-order valence-corrected chi connectivity index (χ0v) is 14.4. The smallest absolute Gasteiger partial charge is 0.205 e. The van der Waals surface area contributed by atoms with Crippen molar-refractivity contribution < 1.29 is 0 Å². The summed E-state index contributed by atoms with van der Waals surface area (Å²) in [7, 11) is 1.99. The molecule has 1 aromatic heterocycles. The van der Waals surface area contributed by atoms with Gasteiger partial charge in [0.1, 0.15) is 5.82 Å². The highest BCUT2D eigenvalue weighted by molar-refractivity contribution is 7.14. The first-order valence-corrected chi connectivity index (χ1v) is 8.38. The van der Waals surface area contributed by atoms with E-state index in [1.807, 2.05) is 55.6 Å². The van der Waals surface area contributed by atoms with Crippen LogP contribution in [0.1, 0.15) is 11.1 Å². The minimum atomic E-state index is 0.484. The lowest BCUT2D eigenvalue weighted by molar-refractivity contribution is 1.21. The number of hydrogen-bond donors (Lipinski definition) is 2. The molecule has 124 valence electrons. The summed E-state index contributed by atoms with van der Waals surface area (Å²) in [6.45, 7) is 0. The number of benzene rings is 2. The fraction of sp³-hybridized carbons (Fsp3) is 0.0556. The van der Waals surface area contributed by atoms with Gasteiger partial charge in [-0.3, -0.25) is 5.43 Å². The molecule has 0 aliphatic heterocycles. The van der Waals surface area contributed by atoms with Crippen molar-refractivity contribution in [1.82, 2.24) is 4.98 Å². The second-order valence-electron chi connectivity index (χ2n) is 5.26. The molecule has 6 nitrogen and oxygen atoms in total. The average Bonchev–Trinajstić information content (AvgIpc) is 3.07. The van der Waals surface area contributed by atoms with Gasteiger partial charge in [0.05, 0.1) is 17.8 Å². The van der Waals surface area contributed by atoms with Gasteiger partial charge in [-0.25, -0.2) is 4.98 Å². The van der Waals surface area contributed by atoms with E-state index in [1.165, 1.54) is 11.3 Å². The maximum atomic E-state index is 8.87. The molecule has 0 fully saturated rings. The average molecular weight is 348 g/mol. The molecular weight excluding hydrogens is 332 g/mol. The number of thiazole rings is 1. The van der Waals surface area contributed by atoms with Crippen molar-refractivity contribution in [3.63, 3.8) is 0 Å². The van der Waals surface area contributed by atoms with Crippen molar-refractivity contribution >= 4 is 39.9 Å². The van der Waals surface area contributed by atoms with Gasteiger partial charge in [-0.1, -0.05) is 12.1 Å². The van der Waals surface area contributed by atoms with Gasteiger partial charge in [-0.15, -0.1) is 11.3 Å². The predicted molar refractivity (Wildman–Crippen MR) is 103 cm³/mol. The van der Waals surface area contributed by atoms with Crippen LogP contribution in [0.15, 0.2) is 59.0 Å². The Hall–Kier alpha value is -3.37. The molecule has 3 aromatic rings. The van der Waals surface area contributed by atoms with Crippen molar-refractivity contribution in [1.29, 1.82) is 5.26 Å². The van der Waals surface area contributed by atoms with Crippen LogP contribution in [0.3, 0.4) is 0 Å². The van der Waals surface area contributed by atoms with E-state index in [9.17, 15) is 0 Å². The third-order valence-electron chi connectivity index (χ3n) is 3.56. The maximum Gasteiger partial charge on any atom is 0.205 e. The second-order valence-corrected chi connectivity index (χ2v) is 6.11. The number of nitrogens with zero attached hydrogens (tertiary/aromatic N) is 4. The molecule has 3 N–H and O–H groups in total. The van der Waals surface area contributed by atoms with Crippen LogP contribution in [0.5, 0.6) is 0 Å². The van der Waals surface area contributed by atoms with E-state index in [4.69, 9.17) is 11.0 Å². The van der Waals surface area contributed by atoms with E-state index in [0.717, 1.165) is 16.9 Å². The molecular formula is C18H16N6S. The van der Waals surface area contributed by atoms with Gasteiger partial charge in [-0.05, 0) is 42.0 Å². The van der Waals surface area contributed by atoms with Crippen LogP contribution in [-0.4, -0.2) is 18.2 Å². The van der Waals surface area contributed by atoms with Crippen LogP contribution in [-0.2, 0) is 0 Å². The molecule has 0 bridgehead atoms. The lowest BCUT2D eigenvalue weighted by atomic mass is 10.1. The minimum absolute atomic E-state index is 0.484. The van der Waals surface area contributed by atoms with Gasteiger partial charge >= 0.3 is 0 Å². The number of anilines is 4. The number of nitriles is 1. The van der Waals surface area contributed by atoms with Crippen molar-refractivity contribution in [2.24, 2.45) is 5.10 Å². The van der Waals surface area contributed by atoms with Gasteiger partial charge in [-0.2, -0.15) is 10.4 Å². The number of hydrazone groups is 1. The number of aromatic nitrogens is 1. The largest absolute Gasteiger partial charge is 0.383 e. The summed E-state index contributed by atoms with van der Waals surface area (Å²) in [5.41, 5.74) is 12.1. The molecule has 3 rings (SSSR count). The lowest BCUT2D eigenvalue weighted by Crippen LogP contribution is -2.09. The van der Waals surface area contributed by atoms with Gasteiger partial charge in [0.2, 0.25) is 5.13 Å². The topological polar surface area (TPSA) is 90.3 Å². The van der Waals surface area contributed by atoms with E-state index in [0.29, 0.717) is 16.5 Å². The molecule has 25 heavy (non-hydrogen) atoms. The summed E-state index contributed by atoms with van der Waals surface area (Å²) in [5, 5.41) is 15.4. The first-order valence-electron chi connectivity index (χ1n) is 7.50. The second kappa shape index (κ2) is 7.47. The molecule has 1 heterocycles. The molecule has 7 heteroatoms. The quantitative estimate of drug-likeness (QED) is 0.540. The molecule has 0 atom stereocenters. The summed E-state index contributed by atoms with van der Waals surface area (Å²) in [5.74, 6) is 0.484. The Morgan fingerprint density at radius 1 is 1.16 bits per heavy atom. The van der Waals surface area contributed by atoms with Crippen molar-refractivity contribution in [3.05, 3.63) is 65.0 Å². The molecule has 2 aromatic carbocycles. The third kappa shape index (κ3) is 4.13. The molecule has 0 radical (unpaired) electrons. The van der Waals surface area contributed by atoms with E-state index < -0.39 is 0 Å². The molecule has 0 aliphatic rings. The van der Waals surface area contributed by atoms with Crippen LogP contribution in [0.2, 0.25) is 0 Å². The lowest BCUT2D eigenvalue weighted by Gasteiger charge is -2.19.